The number of halogens is 5. The molecule has 5 nitrogen and oxygen atoms in total. The summed E-state index contributed by atoms with van der Waals surface area (Å²) in [6.07, 6.45) is 0.765. The van der Waals surface area contributed by atoms with Gasteiger partial charge in [-0.3, -0.25) is 14.4 Å². The quantitative estimate of drug-likeness (QED) is 0.138. The second-order valence-electron chi connectivity index (χ2n) is 6.71. The fourth-order valence-corrected chi connectivity index (χ4v) is 2.94. The van der Waals surface area contributed by atoms with Crippen LogP contribution in [0.3, 0.4) is 0 Å². The van der Waals surface area contributed by atoms with Crippen LogP contribution in [-0.4, -0.2) is 17.9 Å². The SMILES string of the molecule is CC(=O)c1cc2c(C=O)ccc(C)c2o1.CC(=O)c1cc2cccc(C)c2o1.II.I[I-]I. The van der Waals surface area contributed by atoms with Crippen LogP contribution < -0.4 is 13.3 Å². The molecule has 4 rings (SSSR count). The Hall–Kier alpha value is 0.180. The number of aryl methyl sites for hydroxylation is 2. The minimum atomic E-state index is -0.137. The number of hydrogen-bond donors (Lipinski definition) is 0. The summed E-state index contributed by atoms with van der Waals surface area (Å²) in [6, 6.07) is 12.8. The van der Waals surface area contributed by atoms with Gasteiger partial charge >= 0.3 is 50.5 Å². The summed E-state index contributed by atoms with van der Waals surface area (Å²) >= 11 is 9.54. The van der Waals surface area contributed by atoms with Gasteiger partial charge in [0.1, 0.15) is 11.2 Å². The molecule has 0 spiro atoms. The number of carbonyl (C=O) groups is 3. The molecule has 4 aromatic rings. The van der Waals surface area contributed by atoms with E-state index in [0.717, 1.165) is 28.4 Å². The van der Waals surface area contributed by atoms with Crippen molar-refractivity contribution in [3.8, 4) is 0 Å². The Bertz CT molecular complexity index is 1240. The fraction of sp³-hybridized carbons (Fsp3) is 0.174. The second kappa shape index (κ2) is 16.0. The molecule has 0 fully saturated rings. The number of rotatable bonds is 3. The van der Waals surface area contributed by atoms with Crippen molar-refractivity contribution in [3.63, 3.8) is 0 Å². The van der Waals surface area contributed by atoms with Gasteiger partial charge in [0.2, 0.25) is 0 Å². The van der Waals surface area contributed by atoms with Crippen molar-refractivity contribution in [1.29, 1.82) is 0 Å². The third kappa shape index (κ3) is 8.96. The Balaban J connectivity index is 0.000000278. The summed E-state index contributed by atoms with van der Waals surface area (Å²) in [6.45, 7) is 6.79. The first kappa shape index (κ1) is 31.2. The van der Waals surface area contributed by atoms with E-state index in [2.05, 4.69) is 74.5 Å². The first-order valence-corrected chi connectivity index (χ1v) is 28.1. The average Bonchev–Trinajstić information content (AvgIpc) is 3.43. The number of Topliss-reactive ketones (excluding diaryl/α,β-unsaturated/α-hetero) is 2. The first-order chi connectivity index (χ1) is 15.7. The molecular formula is C23H20I5O5-. The summed E-state index contributed by atoms with van der Waals surface area (Å²) in [5, 5.41) is 1.69. The Labute approximate surface area is 245 Å². The summed E-state index contributed by atoms with van der Waals surface area (Å²) < 4.78 is 10.8. The Morgan fingerprint density at radius 2 is 1.36 bits per heavy atom. The van der Waals surface area contributed by atoms with Crippen LogP contribution in [0.5, 0.6) is 0 Å². The van der Waals surface area contributed by atoms with Crippen LogP contribution in [0.2, 0.25) is 0 Å². The Morgan fingerprint density at radius 1 is 0.848 bits per heavy atom. The predicted octanol–water partition coefficient (Wildman–Crippen LogP) is 6.25. The van der Waals surface area contributed by atoms with Gasteiger partial charge in [0, 0.05) is 67.4 Å². The number of hydrogen-bond acceptors (Lipinski definition) is 5. The van der Waals surface area contributed by atoms with Gasteiger partial charge in [-0.1, -0.05) is 30.3 Å². The molecule has 33 heavy (non-hydrogen) atoms. The molecule has 178 valence electrons. The molecule has 0 amide bonds. The molecule has 2 aromatic heterocycles. The van der Waals surface area contributed by atoms with Gasteiger partial charge in [-0.2, -0.15) is 0 Å². The van der Waals surface area contributed by atoms with Crippen LogP contribution in [0, 0.1) is 13.8 Å². The maximum atomic E-state index is 11.1. The summed E-state index contributed by atoms with van der Waals surface area (Å²) in [5.41, 5.74) is 3.96. The van der Waals surface area contributed by atoms with E-state index in [-0.39, 0.29) is 11.6 Å². The molecule has 0 unspecified atom stereocenters. The van der Waals surface area contributed by atoms with Crippen molar-refractivity contribution < 1.29 is 36.5 Å². The number of para-hydroxylation sites is 1. The van der Waals surface area contributed by atoms with E-state index >= 15 is 0 Å². The third-order valence-electron chi connectivity index (χ3n) is 4.48. The van der Waals surface area contributed by atoms with Crippen molar-refractivity contribution in [3.05, 3.63) is 70.7 Å². The van der Waals surface area contributed by atoms with E-state index in [1.807, 2.05) is 32.0 Å². The molecule has 0 aliphatic carbocycles. The van der Waals surface area contributed by atoms with Crippen molar-refractivity contribution in [1.82, 2.24) is 0 Å². The number of benzene rings is 2. The van der Waals surface area contributed by atoms with Gasteiger partial charge in [-0.15, -0.1) is 0 Å². The van der Waals surface area contributed by atoms with Crippen LogP contribution in [0.4, 0.5) is 0 Å². The number of fused-ring (bicyclic) bond motifs is 2. The van der Waals surface area contributed by atoms with Gasteiger partial charge in [-0.25, -0.2) is 0 Å². The first-order valence-electron chi connectivity index (χ1n) is 9.24. The van der Waals surface area contributed by atoms with Gasteiger partial charge in [0.15, 0.2) is 29.4 Å². The molecule has 0 saturated carbocycles. The van der Waals surface area contributed by atoms with E-state index < -0.39 is 0 Å². The van der Waals surface area contributed by atoms with Gasteiger partial charge in [-0.05, 0) is 37.1 Å². The zero-order valence-corrected chi connectivity index (χ0v) is 28.8. The van der Waals surface area contributed by atoms with Gasteiger partial charge < -0.3 is 8.83 Å². The standard InChI is InChI=1S/C12H10O3.C11H10O2.I3.I2/c1-7-3-4-9(6-13)10-5-11(8(2)14)15-12(7)10;1-7-4-3-5-9-6-10(8(2)12)13-11(7)9;1-3-2;1-2/h3-6H,1-2H3;3-6H,1-2H3;;/q;;-1;. The van der Waals surface area contributed by atoms with E-state index in [1.165, 1.54) is 13.8 Å². The van der Waals surface area contributed by atoms with Crippen molar-refractivity contribution in [2.45, 2.75) is 27.7 Å². The molecule has 0 aliphatic heterocycles. The predicted molar refractivity (Wildman–Crippen MR) is 163 cm³/mol. The van der Waals surface area contributed by atoms with Gasteiger partial charge in [0.25, 0.3) is 0 Å². The van der Waals surface area contributed by atoms with Gasteiger partial charge in [0.05, 0.1) is 0 Å². The zero-order valence-electron chi connectivity index (χ0n) is 18.0. The fourth-order valence-electron chi connectivity index (χ4n) is 2.94. The van der Waals surface area contributed by atoms with E-state index in [0.29, 0.717) is 41.3 Å². The number of ketones is 2. The third-order valence-corrected chi connectivity index (χ3v) is 4.48. The molecule has 0 atom stereocenters. The average molecular weight is 1010 g/mol. The molecule has 2 aromatic carbocycles. The van der Waals surface area contributed by atoms with Crippen LogP contribution in [0.25, 0.3) is 21.9 Å². The molecule has 0 N–H and O–H groups in total. The summed E-state index contributed by atoms with van der Waals surface area (Å²) in [7, 11) is 0. The molecule has 0 bridgehead atoms. The Morgan fingerprint density at radius 3 is 1.88 bits per heavy atom. The normalized spacial score (nSPS) is 9.82. The second-order valence-corrected chi connectivity index (χ2v) is 23.0. The monoisotopic (exact) mass is 1010 g/mol. The molecule has 2 heterocycles. The van der Waals surface area contributed by atoms with E-state index in [1.54, 1.807) is 24.3 Å². The topological polar surface area (TPSA) is 77.5 Å². The van der Waals surface area contributed by atoms with Crippen molar-refractivity contribution in [2.24, 2.45) is 0 Å². The van der Waals surface area contributed by atoms with Crippen LogP contribution in [0.1, 0.15) is 56.4 Å². The van der Waals surface area contributed by atoms with Crippen LogP contribution in [-0.2, 0) is 0 Å². The summed E-state index contributed by atoms with van der Waals surface area (Å²) in [4.78, 5) is 33.0. The van der Waals surface area contributed by atoms with Crippen molar-refractivity contribution in [2.75, 3.05) is 0 Å². The van der Waals surface area contributed by atoms with E-state index in [4.69, 9.17) is 8.83 Å². The maximum absolute atomic E-state index is 11.1. The van der Waals surface area contributed by atoms with Crippen LogP contribution >= 0.6 is 74.5 Å². The summed E-state index contributed by atoms with van der Waals surface area (Å²) in [5.74, 6) is 0.560. The molecule has 10 heteroatoms. The number of carbonyl (C=O) groups excluding carboxylic acids is 3. The number of furan rings is 2. The molecule has 0 radical (unpaired) electrons. The van der Waals surface area contributed by atoms with E-state index in [9.17, 15) is 14.4 Å². The zero-order chi connectivity index (χ0) is 25.1. The molecule has 0 saturated heterocycles. The molecule has 0 aliphatic rings. The van der Waals surface area contributed by atoms with Crippen molar-refractivity contribution >= 4 is 114 Å². The molecular weight excluding hydrogens is 991 g/mol. The van der Waals surface area contributed by atoms with Crippen LogP contribution in [0.15, 0.2) is 51.3 Å². The minimum absolute atomic E-state index is 0.0319. The Kier molecular flexibility index (Phi) is 15.2. The number of aldehydes is 1.